The topological polar surface area (TPSA) is 115 Å². The van der Waals surface area contributed by atoms with Crippen molar-refractivity contribution in [3.63, 3.8) is 0 Å². The molecule has 0 fully saturated rings. The van der Waals surface area contributed by atoms with Gasteiger partial charge in [0.2, 0.25) is 5.91 Å². The Morgan fingerprint density at radius 3 is 2.91 bits per heavy atom. The van der Waals surface area contributed by atoms with Crippen molar-refractivity contribution in [3.8, 4) is 5.75 Å². The molecule has 9 heteroatoms. The van der Waals surface area contributed by atoms with E-state index < -0.39 is 22.8 Å². The number of rotatable bonds is 5. The number of nitrogens with one attached hydrogen (secondary N) is 1. The number of carbonyl (C=O) groups excluding carboxylic acids is 2. The van der Waals surface area contributed by atoms with Gasteiger partial charge >= 0.3 is 5.82 Å². The van der Waals surface area contributed by atoms with E-state index in [2.05, 4.69) is 10.3 Å². The molecule has 0 saturated carbocycles. The van der Waals surface area contributed by atoms with E-state index >= 15 is 0 Å². The normalized spacial score (nSPS) is 16.7. The van der Waals surface area contributed by atoms with Crippen LogP contribution in [0.4, 0.5) is 11.6 Å². The number of fused-ring (bicyclic) bond motifs is 1. The average molecular weight is 308 g/mol. The van der Waals surface area contributed by atoms with Crippen molar-refractivity contribution in [1.82, 2.24) is 10.3 Å². The first-order chi connectivity index (χ1) is 10.4. The van der Waals surface area contributed by atoms with Crippen LogP contribution in [0.25, 0.3) is 0 Å². The Hall–Kier alpha value is -2.71. The van der Waals surface area contributed by atoms with E-state index in [0.29, 0.717) is 6.54 Å². The second kappa shape index (κ2) is 6.37. The van der Waals surface area contributed by atoms with Crippen LogP contribution in [-0.4, -0.2) is 40.9 Å². The first-order valence-corrected chi connectivity index (χ1v) is 6.84. The third-order valence-corrected chi connectivity index (χ3v) is 3.06. The molecule has 0 aliphatic carbocycles. The lowest BCUT2D eigenvalue weighted by Crippen LogP contribution is -2.49. The SMILES string of the molecule is CCCNC(=O)CN1C(=O)C(C)Oc2ccc([N+](=O)[O-])nc21. The van der Waals surface area contributed by atoms with Gasteiger partial charge in [0.1, 0.15) is 6.54 Å². The monoisotopic (exact) mass is 308 g/mol. The van der Waals surface area contributed by atoms with Gasteiger partial charge in [-0.25, -0.2) is 0 Å². The molecular weight excluding hydrogens is 292 g/mol. The van der Waals surface area contributed by atoms with E-state index in [4.69, 9.17) is 4.74 Å². The maximum absolute atomic E-state index is 12.2. The Labute approximate surface area is 126 Å². The highest BCUT2D eigenvalue weighted by Crippen LogP contribution is 2.33. The maximum atomic E-state index is 12.2. The molecule has 0 saturated heterocycles. The highest BCUT2D eigenvalue weighted by Gasteiger charge is 2.37. The summed E-state index contributed by atoms with van der Waals surface area (Å²) in [6.45, 7) is 3.68. The third-order valence-electron chi connectivity index (χ3n) is 3.06. The highest BCUT2D eigenvalue weighted by molar-refractivity contribution is 6.02. The largest absolute Gasteiger partial charge is 0.475 e. The predicted molar refractivity (Wildman–Crippen MR) is 76.6 cm³/mol. The van der Waals surface area contributed by atoms with Crippen LogP contribution in [0.1, 0.15) is 20.3 Å². The van der Waals surface area contributed by atoms with Gasteiger partial charge in [-0.1, -0.05) is 6.92 Å². The van der Waals surface area contributed by atoms with Crippen LogP contribution in [0.5, 0.6) is 5.75 Å². The van der Waals surface area contributed by atoms with Crippen molar-refractivity contribution >= 4 is 23.5 Å². The molecule has 1 N–H and O–H groups in total. The highest BCUT2D eigenvalue weighted by atomic mass is 16.6. The molecule has 1 aromatic heterocycles. The smallest absolute Gasteiger partial charge is 0.366 e. The summed E-state index contributed by atoms with van der Waals surface area (Å²) in [5.41, 5.74) is 0. The number of hydrogen-bond donors (Lipinski definition) is 1. The molecule has 22 heavy (non-hydrogen) atoms. The van der Waals surface area contributed by atoms with Crippen LogP contribution in [0.3, 0.4) is 0 Å². The molecule has 0 aromatic carbocycles. The number of hydrogen-bond acceptors (Lipinski definition) is 6. The van der Waals surface area contributed by atoms with Gasteiger partial charge in [0.25, 0.3) is 11.7 Å². The number of nitrogens with zero attached hydrogens (tertiary/aromatic N) is 3. The predicted octanol–water partition coefficient (Wildman–Crippen LogP) is 0.630. The second-order valence-electron chi connectivity index (χ2n) is 4.78. The summed E-state index contributed by atoms with van der Waals surface area (Å²) in [5.74, 6) is -1.01. The van der Waals surface area contributed by atoms with Gasteiger partial charge in [-0.05, 0) is 29.3 Å². The minimum atomic E-state index is -0.783. The maximum Gasteiger partial charge on any atom is 0.366 e. The third kappa shape index (κ3) is 3.13. The molecule has 1 aliphatic heterocycles. The van der Waals surface area contributed by atoms with Gasteiger partial charge in [-0.15, -0.1) is 0 Å². The van der Waals surface area contributed by atoms with E-state index in [-0.39, 0.29) is 24.0 Å². The number of anilines is 1. The van der Waals surface area contributed by atoms with Crippen molar-refractivity contribution in [3.05, 3.63) is 22.2 Å². The first-order valence-electron chi connectivity index (χ1n) is 6.84. The Morgan fingerprint density at radius 1 is 1.55 bits per heavy atom. The van der Waals surface area contributed by atoms with Crippen LogP contribution in [0.2, 0.25) is 0 Å². The summed E-state index contributed by atoms with van der Waals surface area (Å²) >= 11 is 0. The second-order valence-corrected chi connectivity index (χ2v) is 4.78. The summed E-state index contributed by atoms with van der Waals surface area (Å²) in [4.78, 5) is 39.1. The van der Waals surface area contributed by atoms with Crippen molar-refractivity contribution < 1.29 is 19.2 Å². The van der Waals surface area contributed by atoms with Crippen molar-refractivity contribution in [2.45, 2.75) is 26.4 Å². The molecule has 118 valence electrons. The molecule has 1 atom stereocenters. The van der Waals surface area contributed by atoms with Crippen LogP contribution in [0.15, 0.2) is 12.1 Å². The fourth-order valence-corrected chi connectivity index (χ4v) is 1.99. The Morgan fingerprint density at radius 2 is 2.27 bits per heavy atom. The molecule has 2 rings (SSSR count). The molecule has 2 heterocycles. The van der Waals surface area contributed by atoms with Crippen LogP contribution >= 0.6 is 0 Å². The summed E-state index contributed by atoms with van der Waals surface area (Å²) in [6.07, 6.45) is -0.0193. The molecule has 1 aliphatic rings. The lowest BCUT2D eigenvalue weighted by atomic mass is 10.2. The lowest BCUT2D eigenvalue weighted by Gasteiger charge is -2.28. The summed E-state index contributed by atoms with van der Waals surface area (Å²) in [6, 6.07) is 2.57. The van der Waals surface area contributed by atoms with E-state index in [9.17, 15) is 19.7 Å². The van der Waals surface area contributed by atoms with E-state index in [1.54, 1.807) is 6.92 Å². The zero-order valence-corrected chi connectivity index (χ0v) is 12.2. The minimum absolute atomic E-state index is 0.0102. The standard InChI is InChI=1S/C13H16N4O5/c1-3-6-14-11(18)7-16-12-9(22-8(2)13(16)19)4-5-10(15-12)17(20)21/h4-5,8H,3,6-7H2,1-2H3,(H,14,18). The van der Waals surface area contributed by atoms with Crippen molar-refractivity contribution in [2.75, 3.05) is 18.0 Å². The number of amides is 2. The number of ether oxygens (including phenoxy) is 1. The molecular formula is C13H16N4O5. The average Bonchev–Trinajstić information content (AvgIpc) is 2.49. The van der Waals surface area contributed by atoms with Gasteiger partial charge in [0, 0.05) is 12.6 Å². The number of carbonyl (C=O) groups is 2. The summed E-state index contributed by atoms with van der Waals surface area (Å²) in [5, 5.41) is 13.5. The Bertz CT molecular complexity index is 618. The fraction of sp³-hybridized carbons (Fsp3) is 0.462. The minimum Gasteiger partial charge on any atom is -0.475 e. The van der Waals surface area contributed by atoms with Gasteiger partial charge in [0.05, 0.1) is 0 Å². The van der Waals surface area contributed by atoms with E-state index in [0.717, 1.165) is 11.3 Å². The lowest BCUT2D eigenvalue weighted by molar-refractivity contribution is -0.389. The van der Waals surface area contributed by atoms with E-state index in [1.807, 2.05) is 6.92 Å². The first kappa shape index (κ1) is 15.7. The number of aromatic nitrogens is 1. The molecule has 0 spiro atoms. The van der Waals surface area contributed by atoms with Gasteiger partial charge in [-0.3, -0.25) is 14.5 Å². The van der Waals surface area contributed by atoms with Crippen molar-refractivity contribution in [1.29, 1.82) is 0 Å². The van der Waals surface area contributed by atoms with Crippen LogP contribution < -0.4 is 15.0 Å². The molecule has 2 amide bonds. The number of nitro groups is 1. The van der Waals surface area contributed by atoms with Gasteiger partial charge in [0.15, 0.2) is 11.9 Å². The van der Waals surface area contributed by atoms with Gasteiger partial charge in [-0.2, -0.15) is 0 Å². The van der Waals surface area contributed by atoms with Crippen LogP contribution in [-0.2, 0) is 9.59 Å². The molecule has 0 bridgehead atoms. The molecule has 1 aromatic rings. The zero-order valence-electron chi connectivity index (χ0n) is 12.2. The molecule has 1 unspecified atom stereocenters. The molecule has 9 nitrogen and oxygen atoms in total. The van der Waals surface area contributed by atoms with Crippen LogP contribution in [0, 0.1) is 10.1 Å². The zero-order chi connectivity index (χ0) is 16.3. The summed E-state index contributed by atoms with van der Waals surface area (Å²) in [7, 11) is 0. The fourth-order valence-electron chi connectivity index (χ4n) is 1.99. The van der Waals surface area contributed by atoms with E-state index in [1.165, 1.54) is 12.1 Å². The van der Waals surface area contributed by atoms with Gasteiger partial charge < -0.3 is 20.2 Å². The summed E-state index contributed by atoms with van der Waals surface area (Å²) < 4.78 is 5.36. The van der Waals surface area contributed by atoms with Crippen molar-refractivity contribution in [2.24, 2.45) is 0 Å². The Balaban J connectivity index is 2.32. The Kier molecular flexibility index (Phi) is 4.54. The number of pyridine rings is 1. The quantitative estimate of drug-likeness (QED) is 0.630. The molecule has 0 radical (unpaired) electrons.